The fourth-order valence-corrected chi connectivity index (χ4v) is 3.18. The highest BCUT2D eigenvalue weighted by Gasteiger charge is 2.30. The van der Waals surface area contributed by atoms with Crippen molar-refractivity contribution in [2.45, 2.75) is 39.5 Å². The lowest BCUT2D eigenvalue weighted by molar-refractivity contribution is -0.137. The van der Waals surface area contributed by atoms with Gasteiger partial charge in [0.15, 0.2) is 0 Å². The first-order chi connectivity index (χ1) is 8.18. The smallest absolute Gasteiger partial charge is 0.225 e. The topological polar surface area (TPSA) is 32.3 Å². The summed E-state index contributed by atoms with van der Waals surface area (Å²) in [5.74, 6) is 2.38. The summed E-state index contributed by atoms with van der Waals surface area (Å²) in [6.07, 6.45) is 4.73. The molecule has 3 nitrogen and oxygen atoms in total. The van der Waals surface area contributed by atoms with E-state index in [1.54, 1.807) is 0 Å². The van der Waals surface area contributed by atoms with Crippen molar-refractivity contribution in [1.82, 2.24) is 10.2 Å². The van der Waals surface area contributed by atoms with Crippen molar-refractivity contribution in [1.29, 1.82) is 0 Å². The lowest BCUT2D eigenvalue weighted by atomic mass is 9.76. The normalized spacial score (nSPS) is 30.6. The quantitative estimate of drug-likeness (QED) is 0.796. The van der Waals surface area contributed by atoms with E-state index >= 15 is 0 Å². The van der Waals surface area contributed by atoms with Crippen LogP contribution in [0.5, 0.6) is 0 Å². The van der Waals surface area contributed by atoms with Crippen LogP contribution in [0.3, 0.4) is 0 Å². The minimum Gasteiger partial charge on any atom is -0.340 e. The first-order valence-corrected chi connectivity index (χ1v) is 7.18. The first kappa shape index (κ1) is 12.9. The van der Waals surface area contributed by atoms with Crippen molar-refractivity contribution in [2.24, 2.45) is 17.8 Å². The number of carbonyl (C=O) groups excluding carboxylic acids is 1. The molecule has 0 spiro atoms. The molecule has 0 aromatic carbocycles. The largest absolute Gasteiger partial charge is 0.340 e. The predicted octanol–water partition coefficient (Wildman–Crippen LogP) is 1.88. The zero-order valence-corrected chi connectivity index (χ0v) is 11.2. The van der Waals surface area contributed by atoms with Crippen LogP contribution in [0.1, 0.15) is 39.5 Å². The molecule has 0 aromatic heterocycles. The monoisotopic (exact) mass is 238 g/mol. The zero-order valence-electron chi connectivity index (χ0n) is 11.2. The Morgan fingerprint density at radius 2 is 1.71 bits per heavy atom. The van der Waals surface area contributed by atoms with Crippen LogP contribution in [0, 0.1) is 17.8 Å². The second-order valence-electron chi connectivity index (χ2n) is 5.93. The summed E-state index contributed by atoms with van der Waals surface area (Å²) in [6.45, 7) is 8.36. The molecule has 0 bridgehead atoms. The molecule has 0 aromatic rings. The summed E-state index contributed by atoms with van der Waals surface area (Å²) in [7, 11) is 0. The highest BCUT2D eigenvalue weighted by Crippen LogP contribution is 2.34. The average molecular weight is 238 g/mol. The van der Waals surface area contributed by atoms with Crippen LogP contribution in [0.4, 0.5) is 0 Å². The Morgan fingerprint density at radius 1 is 1.12 bits per heavy atom. The molecule has 1 aliphatic carbocycles. The molecular weight excluding hydrogens is 212 g/mol. The summed E-state index contributed by atoms with van der Waals surface area (Å²) in [5, 5.41) is 3.30. The molecule has 1 amide bonds. The Morgan fingerprint density at radius 3 is 2.24 bits per heavy atom. The standard InChI is InChI=1S/C14H26N2O/c1-11(2)12-3-5-13(6-4-12)14(17)16-9-7-15-8-10-16/h11-13,15H,3-10H2,1-2H3/t12-,13+. The van der Waals surface area contributed by atoms with Crippen LogP contribution in [-0.2, 0) is 4.79 Å². The van der Waals surface area contributed by atoms with E-state index in [4.69, 9.17) is 0 Å². The van der Waals surface area contributed by atoms with Gasteiger partial charge in [-0.15, -0.1) is 0 Å². The minimum atomic E-state index is 0.322. The van der Waals surface area contributed by atoms with E-state index in [-0.39, 0.29) is 0 Å². The summed E-state index contributed by atoms with van der Waals surface area (Å²) < 4.78 is 0. The maximum Gasteiger partial charge on any atom is 0.225 e. The van der Waals surface area contributed by atoms with Crippen LogP contribution < -0.4 is 5.32 Å². The van der Waals surface area contributed by atoms with Gasteiger partial charge in [-0.3, -0.25) is 4.79 Å². The molecule has 0 atom stereocenters. The van der Waals surface area contributed by atoms with E-state index in [9.17, 15) is 4.79 Å². The van der Waals surface area contributed by atoms with Crippen molar-refractivity contribution in [3.05, 3.63) is 0 Å². The first-order valence-electron chi connectivity index (χ1n) is 7.18. The number of nitrogens with zero attached hydrogens (tertiary/aromatic N) is 1. The van der Waals surface area contributed by atoms with Gasteiger partial charge in [0.2, 0.25) is 5.91 Å². The third kappa shape index (κ3) is 3.21. The van der Waals surface area contributed by atoms with E-state index in [1.807, 2.05) is 0 Å². The second-order valence-corrected chi connectivity index (χ2v) is 5.93. The van der Waals surface area contributed by atoms with Gasteiger partial charge < -0.3 is 10.2 Å². The number of carbonyl (C=O) groups is 1. The van der Waals surface area contributed by atoms with Gasteiger partial charge in [-0.2, -0.15) is 0 Å². The fraction of sp³-hybridized carbons (Fsp3) is 0.929. The molecule has 3 heteroatoms. The summed E-state index contributed by atoms with van der Waals surface area (Å²) in [5.41, 5.74) is 0. The molecule has 17 heavy (non-hydrogen) atoms. The van der Waals surface area contributed by atoms with Gasteiger partial charge in [-0.25, -0.2) is 0 Å². The van der Waals surface area contributed by atoms with E-state index in [0.29, 0.717) is 11.8 Å². The van der Waals surface area contributed by atoms with Gasteiger partial charge in [-0.1, -0.05) is 13.8 Å². The lowest BCUT2D eigenvalue weighted by Gasteiger charge is -2.35. The lowest BCUT2D eigenvalue weighted by Crippen LogP contribution is -2.48. The van der Waals surface area contributed by atoms with Crippen molar-refractivity contribution in [2.75, 3.05) is 26.2 Å². The molecular formula is C14H26N2O. The molecule has 1 N–H and O–H groups in total. The Labute approximate surface area is 105 Å². The SMILES string of the molecule is CC(C)[C@H]1CC[C@@H](C(=O)N2CCNCC2)CC1. The molecule has 1 heterocycles. The van der Waals surface area contributed by atoms with Crippen LogP contribution in [0.15, 0.2) is 0 Å². The van der Waals surface area contributed by atoms with Crippen molar-refractivity contribution in [3.8, 4) is 0 Å². The highest BCUT2D eigenvalue weighted by molar-refractivity contribution is 5.79. The Hall–Kier alpha value is -0.570. The van der Waals surface area contributed by atoms with Gasteiger partial charge >= 0.3 is 0 Å². The maximum absolute atomic E-state index is 12.3. The van der Waals surface area contributed by atoms with E-state index in [1.165, 1.54) is 12.8 Å². The van der Waals surface area contributed by atoms with Crippen LogP contribution in [0.2, 0.25) is 0 Å². The van der Waals surface area contributed by atoms with Crippen LogP contribution in [-0.4, -0.2) is 37.0 Å². The molecule has 1 aliphatic heterocycles. The molecule has 0 unspecified atom stereocenters. The summed E-state index contributed by atoms with van der Waals surface area (Å²) in [6, 6.07) is 0. The second kappa shape index (κ2) is 5.85. The number of amides is 1. The maximum atomic E-state index is 12.3. The van der Waals surface area contributed by atoms with Crippen molar-refractivity contribution >= 4 is 5.91 Å². The summed E-state index contributed by atoms with van der Waals surface area (Å²) in [4.78, 5) is 14.4. The molecule has 98 valence electrons. The van der Waals surface area contributed by atoms with E-state index in [0.717, 1.165) is 50.9 Å². The molecule has 2 rings (SSSR count). The predicted molar refractivity (Wildman–Crippen MR) is 69.7 cm³/mol. The Bertz CT molecular complexity index is 251. The van der Waals surface area contributed by atoms with Gasteiger partial charge in [0.1, 0.15) is 0 Å². The van der Waals surface area contributed by atoms with Gasteiger partial charge in [0.05, 0.1) is 0 Å². The minimum absolute atomic E-state index is 0.322. The Balaban J connectivity index is 1.81. The Kier molecular flexibility index (Phi) is 4.43. The molecule has 2 fully saturated rings. The number of hydrogen-bond acceptors (Lipinski definition) is 2. The van der Waals surface area contributed by atoms with Crippen molar-refractivity contribution in [3.63, 3.8) is 0 Å². The number of piperazine rings is 1. The molecule has 0 radical (unpaired) electrons. The number of nitrogens with one attached hydrogen (secondary N) is 1. The van der Waals surface area contributed by atoms with Crippen LogP contribution >= 0.6 is 0 Å². The molecule has 1 saturated carbocycles. The highest BCUT2D eigenvalue weighted by atomic mass is 16.2. The van der Waals surface area contributed by atoms with E-state index < -0.39 is 0 Å². The van der Waals surface area contributed by atoms with Crippen molar-refractivity contribution < 1.29 is 4.79 Å². The third-order valence-corrected chi connectivity index (χ3v) is 4.49. The molecule has 2 aliphatic rings. The number of rotatable bonds is 2. The van der Waals surface area contributed by atoms with Gasteiger partial charge in [-0.05, 0) is 37.5 Å². The van der Waals surface area contributed by atoms with E-state index in [2.05, 4.69) is 24.1 Å². The molecule has 1 saturated heterocycles. The van der Waals surface area contributed by atoms with Gasteiger partial charge in [0, 0.05) is 32.1 Å². The zero-order chi connectivity index (χ0) is 12.3. The van der Waals surface area contributed by atoms with Crippen LogP contribution in [0.25, 0.3) is 0 Å². The number of hydrogen-bond donors (Lipinski definition) is 1. The average Bonchev–Trinajstić information content (AvgIpc) is 2.39. The fourth-order valence-electron chi connectivity index (χ4n) is 3.18. The third-order valence-electron chi connectivity index (χ3n) is 4.49. The van der Waals surface area contributed by atoms with Gasteiger partial charge in [0.25, 0.3) is 0 Å². The summed E-state index contributed by atoms with van der Waals surface area (Å²) >= 11 is 0.